The summed E-state index contributed by atoms with van der Waals surface area (Å²) in [4.78, 5) is 4.53. The van der Waals surface area contributed by atoms with Gasteiger partial charge in [-0.05, 0) is 47.5 Å². The van der Waals surface area contributed by atoms with Crippen LogP contribution >= 0.6 is 0 Å². The monoisotopic (exact) mass is 276 g/mol. The molecule has 1 heterocycles. The van der Waals surface area contributed by atoms with Gasteiger partial charge >= 0.3 is 0 Å². The summed E-state index contributed by atoms with van der Waals surface area (Å²) in [6.07, 6.45) is 2.97. The Hall–Kier alpha value is -2.19. The second-order valence-electron chi connectivity index (χ2n) is 5.25. The highest BCUT2D eigenvalue weighted by molar-refractivity contribution is 5.83. The van der Waals surface area contributed by atoms with Crippen LogP contribution < -0.4 is 5.32 Å². The number of hydrogen-bond acceptors (Lipinski definition) is 2. The third-order valence-corrected chi connectivity index (χ3v) is 3.69. The van der Waals surface area contributed by atoms with Gasteiger partial charge in [0.2, 0.25) is 0 Å². The quantitative estimate of drug-likeness (QED) is 0.750. The van der Waals surface area contributed by atoms with E-state index in [1.165, 1.54) is 16.3 Å². The van der Waals surface area contributed by atoms with Crippen LogP contribution in [0.5, 0.6) is 0 Å². The first-order valence-corrected chi connectivity index (χ1v) is 7.51. The lowest BCUT2D eigenvalue weighted by Gasteiger charge is -2.19. The van der Waals surface area contributed by atoms with Gasteiger partial charge in [0.15, 0.2) is 0 Å². The maximum atomic E-state index is 4.53. The molecular formula is C19H20N2. The fourth-order valence-corrected chi connectivity index (χ4v) is 2.62. The lowest BCUT2D eigenvalue weighted by molar-refractivity contribution is 0.587. The SMILES string of the molecule is CCCNC(c1ccc2ccccc2c1)c1ccccn1. The second-order valence-corrected chi connectivity index (χ2v) is 5.25. The first-order valence-electron chi connectivity index (χ1n) is 7.51. The van der Waals surface area contributed by atoms with Crippen LogP contribution in [-0.4, -0.2) is 11.5 Å². The van der Waals surface area contributed by atoms with Crippen LogP contribution in [0, 0.1) is 0 Å². The molecule has 0 amide bonds. The smallest absolute Gasteiger partial charge is 0.0751 e. The Morgan fingerprint density at radius 2 is 1.76 bits per heavy atom. The molecule has 0 saturated heterocycles. The predicted octanol–water partition coefficient (Wildman–Crippen LogP) is 4.32. The summed E-state index contributed by atoms with van der Waals surface area (Å²) in [6, 6.07) is 21.4. The molecule has 1 unspecified atom stereocenters. The summed E-state index contributed by atoms with van der Waals surface area (Å²) in [6.45, 7) is 3.16. The van der Waals surface area contributed by atoms with E-state index >= 15 is 0 Å². The third-order valence-electron chi connectivity index (χ3n) is 3.69. The van der Waals surface area contributed by atoms with Crippen molar-refractivity contribution in [1.29, 1.82) is 0 Å². The Balaban J connectivity index is 2.01. The fraction of sp³-hybridized carbons (Fsp3) is 0.211. The summed E-state index contributed by atoms with van der Waals surface area (Å²) in [5.41, 5.74) is 2.34. The summed E-state index contributed by atoms with van der Waals surface area (Å²) in [5, 5.41) is 6.15. The zero-order chi connectivity index (χ0) is 14.5. The van der Waals surface area contributed by atoms with E-state index in [9.17, 15) is 0 Å². The average Bonchev–Trinajstić information content (AvgIpc) is 2.56. The van der Waals surface area contributed by atoms with Crippen molar-refractivity contribution in [2.45, 2.75) is 19.4 Å². The second kappa shape index (κ2) is 6.51. The summed E-state index contributed by atoms with van der Waals surface area (Å²) in [5.74, 6) is 0. The predicted molar refractivity (Wildman–Crippen MR) is 88.3 cm³/mol. The molecule has 3 rings (SSSR count). The van der Waals surface area contributed by atoms with Crippen molar-refractivity contribution in [3.63, 3.8) is 0 Å². The van der Waals surface area contributed by atoms with Crippen molar-refractivity contribution in [2.75, 3.05) is 6.54 Å². The summed E-state index contributed by atoms with van der Waals surface area (Å²) < 4.78 is 0. The molecule has 0 aliphatic heterocycles. The topological polar surface area (TPSA) is 24.9 Å². The lowest BCUT2D eigenvalue weighted by atomic mass is 9.99. The van der Waals surface area contributed by atoms with Crippen LogP contribution in [0.3, 0.4) is 0 Å². The number of fused-ring (bicyclic) bond motifs is 1. The maximum absolute atomic E-state index is 4.53. The molecule has 1 atom stereocenters. The van der Waals surface area contributed by atoms with Gasteiger partial charge in [0.05, 0.1) is 11.7 Å². The Bertz CT molecular complexity index is 707. The minimum atomic E-state index is 0.149. The molecule has 0 saturated carbocycles. The minimum Gasteiger partial charge on any atom is -0.305 e. The molecule has 2 heteroatoms. The number of aromatic nitrogens is 1. The maximum Gasteiger partial charge on any atom is 0.0751 e. The van der Waals surface area contributed by atoms with Gasteiger partial charge < -0.3 is 5.32 Å². The molecule has 2 aromatic carbocycles. The largest absolute Gasteiger partial charge is 0.305 e. The van der Waals surface area contributed by atoms with E-state index in [4.69, 9.17) is 0 Å². The molecule has 0 bridgehead atoms. The summed E-state index contributed by atoms with van der Waals surface area (Å²) in [7, 11) is 0. The van der Waals surface area contributed by atoms with Gasteiger partial charge in [-0.2, -0.15) is 0 Å². The van der Waals surface area contributed by atoms with Crippen molar-refractivity contribution in [2.24, 2.45) is 0 Å². The van der Waals surface area contributed by atoms with Gasteiger partial charge in [-0.1, -0.05) is 49.4 Å². The van der Waals surface area contributed by atoms with Gasteiger partial charge in [-0.3, -0.25) is 4.98 Å². The Kier molecular flexibility index (Phi) is 4.27. The number of pyridine rings is 1. The number of nitrogens with one attached hydrogen (secondary N) is 1. The molecule has 1 aromatic heterocycles. The van der Waals surface area contributed by atoms with Crippen molar-refractivity contribution in [3.8, 4) is 0 Å². The fourth-order valence-electron chi connectivity index (χ4n) is 2.62. The minimum absolute atomic E-state index is 0.149. The van der Waals surface area contributed by atoms with Gasteiger partial charge in [-0.15, -0.1) is 0 Å². The van der Waals surface area contributed by atoms with E-state index in [-0.39, 0.29) is 6.04 Å². The van der Waals surface area contributed by atoms with Crippen molar-refractivity contribution >= 4 is 10.8 Å². The Morgan fingerprint density at radius 1 is 0.952 bits per heavy atom. The van der Waals surface area contributed by atoms with Crippen LogP contribution in [0.4, 0.5) is 0 Å². The van der Waals surface area contributed by atoms with Crippen LogP contribution in [0.15, 0.2) is 66.9 Å². The van der Waals surface area contributed by atoms with Gasteiger partial charge in [0.25, 0.3) is 0 Å². The van der Waals surface area contributed by atoms with Crippen molar-refractivity contribution in [1.82, 2.24) is 10.3 Å². The van der Waals surface area contributed by atoms with E-state index in [0.29, 0.717) is 0 Å². The number of rotatable bonds is 5. The van der Waals surface area contributed by atoms with Gasteiger partial charge in [0.1, 0.15) is 0 Å². The van der Waals surface area contributed by atoms with Gasteiger partial charge in [-0.25, -0.2) is 0 Å². The number of benzene rings is 2. The molecule has 21 heavy (non-hydrogen) atoms. The molecule has 0 aliphatic rings. The number of hydrogen-bond donors (Lipinski definition) is 1. The van der Waals surface area contributed by atoms with E-state index in [0.717, 1.165) is 18.7 Å². The Labute approximate surface area is 125 Å². The normalized spacial score (nSPS) is 12.4. The standard InChI is InChI=1S/C19H20N2/c1-2-12-21-19(18-9-5-6-13-20-18)17-11-10-15-7-3-4-8-16(15)14-17/h3-11,13-14,19,21H,2,12H2,1H3. The molecule has 0 aliphatic carbocycles. The van der Waals surface area contributed by atoms with Crippen molar-refractivity contribution < 1.29 is 0 Å². The van der Waals surface area contributed by atoms with E-state index in [1.54, 1.807) is 0 Å². The lowest BCUT2D eigenvalue weighted by Crippen LogP contribution is -2.24. The summed E-state index contributed by atoms with van der Waals surface area (Å²) >= 11 is 0. The zero-order valence-electron chi connectivity index (χ0n) is 12.3. The van der Waals surface area contributed by atoms with E-state index in [1.807, 2.05) is 18.3 Å². The average molecular weight is 276 g/mol. The molecular weight excluding hydrogens is 256 g/mol. The molecule has 3 aromatic rings. The van der Waals surface area contributed by atoms with Crippen LogP contribution in [0.25, 0.3) is 10.8 Å². The Morgan fingerprint density at radius 3 is 2.52 bits per heavy atom. The highest BCUT2D eigenvalue weighted by atomic mass is 14.9. The third kappa shape index (κ3) is 3.11. The van der Waals surface area contributed by atoms with E-state index < -0.39 is 0 Å². The number of nitrogens with zero attached hydrogens (tertiary/aromatic N) is 1. The highest BCUT2D eigenvalue weighted by Crippen LogP contribution is 2.24. The van der Waals surface area contributed by atoms with Crippen LogP contribution in [0.1, 0.15) is 30.6 Å². The molecule has 1 N–H and O–H groups in total. The van der Waals surface area contributed by atoms with Gasteiger partial charge in [0, 0.05) is 6.20 Å². The molecule has 0 fully saturated rings. The van der Waals surface area contributed by atoms with Crippen LogP contribution in [-0.2, 0) is 0 Å². The van der Waals surface area contributed by atoms with E-state index in [2.05, 4.69) is 65.8 Å². The molecule has 0 spiro atoms. The zero-order valence-corrected chi connectivity index (χ0v) is 12.3. The molecule has 106 valence electrons. The first-order chi connectivity index (χ1) is 10.4. The first kappa shape index (κ1) is 13.8. The molecule has 2 nitrogen and oxygen atoms in total. The van der Waals surface area contributed by atoms with Crippen LogP contribution in [0.2, 0.25) is 0 Å². The van der Waals surface area contributed by atoms with Crippen molar-refractivity contribution in [3.05, 3.63) is 78.1 Å². The highest BCUT2D eigenvalue weighted by Gasteiger charge is 2.14. The molecule has 0 radical (unpaired) electrons.